The van der Waals surface area contributed by atoms with Gasteiger partial charge in [-0.05, 0) is 18.9 Å². The molecule has 1 spiro atoms. The topological polar surface area (TPSA) is 69.6 Å². The molecule has 4 heterocycles. The third-order valence-corrected chi connectivity index (χ3v) is 6.60. The number of piperidine rings is 1. The first kappa shape index (κ1) is 17.2. The number of carbonyl (C=O) groups is 2. The largest absolute Gasteiger partial charge is 0.342 e. The predicted octanol–water partition coefficient (Wildman–Crippen LogP) is 1.02. The summed E-state index contributed by atoms with van der Waals surface area (Å²) in [6.45, 7) is 6.86. The Morgan fingerprint density at radius 3 is 2.46 bits per heavy atom. The summed E-state index contributed by atoms with van der Waals surface area (Å²) >= 11 is 0. The maximum atomic E-state index is 12.9. The lowest BCUT2D eigenvalue weighted by Crippen LogP contribution is -2.57. The molecule has 3 saturated heterocycles. The van der Waals surface area contributed by atoms with Crippen molar-refractivity contribution in [3.8, 4) is 0 Å². The molecule has 0 aromatic carbocycles. The minimum absolute atomic E-state index is 0.0103. The standard InChI is InChI=1S/C19H27N5O2/c1-13(2)16(25)23-9-5-19(6-10-23)15-12-24(18-20-7-4-8-21-18)11-14(15)17(26)22(19)3/h4,7-8,13-15H,5-6,9-12H2,1-3H3/t14-,15+/m0/s1. The SMILES string of the molecule is CC(C)C(=O)N1CCC2(CC1)[C@@H]1CN(c3ncccn3)C[C@@H]1C(=O)N2C. The molecule has 0 N–H and O–H groups in total. The number of rotatable bonds is 2. The van der Waals surface area contributed by atoms with E-state index in [0.29, 0.717) is 12.5 Å². The molecule has 1 aromatic rings. The van der Waals surface area contributed by atoms with Crippen LogP contribution in [0.1, 0.15) is 26.7 Å². The van der Waals surface area contributed by atoms with E-state index in [9.17, 15) is 9.59 Å². The van der Waals surface area contributed by atoms with E-state index < -0.39 is 0 Å². The number of fused-ring (bicyclic) bond motifs is 2. The number of aromatic nitrogens is 2. The number of nitrogens with zero attached hydrogens (tertiary/aromatic N) is 5. The quantitative estimate of drug-likeness (QED) is 0.790. The van der Waals surface area contributed by atoms with Gasteiger partial charge in [0.15, 0.2) is 0 Å². The molecule has 7 nitrogen and oxygen atoms in total. The number of likely N-dealkylation sites (tertiary alicyclic amines) is 2. The minimum Gasteiger partial charge on any atom is -0.342 e. The Labute approximate surface area is 154 Å². The van der Waals surface area contributed by atoms with E-state index in [-0.39, 0.29) is 35.1 Å². The summed E-state index contributed by atoms with van der Waals surface area (Å²) in [5.74, 6) is 1.47. The van der Waals surface area contributed by atoms with Crippen LogP contribution in [0.3, 0.4) is 0 Å². The van der Waals surface area contributed by atoms with Crippen molar-refractivity contribution >= 4 is 17.8 Å². The summed E-state index contributed by atoms with van der Waals surface area (Å²) in [6.07, 6.45) is 5.21. The average Bonchev–Trinajstić information content (AvgIpc) is 3.19. The van der Waals surface area contributed by atoms with Crippen LogP contribution in [0, 0.1) is 17.8 Å². The molecule has 0 saturated carbocycles. The zero-order valence-corrected chi connectivity index (χ0v) is 15.8. The Kier molecular flexibility index (Phi) is 4.12. The van der Waals surface area contributed by atoms with Gasteiger partial charge < -0.3 is 14.7 Å². The fraction of sp³-hybridized carbons (Fsp3) is 0.684. The Morgan fingerprint density at radius 1 is 1.19 bits per heavy atom. The summed E-state index contributed by atoms with van der Waals surface area (Å²) in [5, 5.41) is 0. The summed E-state index contributed by atoms with van der Waals surface area (Å²) in [4.78, 5) is 40.1. The highest BCUT2D eigenvalue weighted by molar-refractivity contribution is 5.84. The number of anilines is 1. The van der Waals surface area contributed by atoms with Crippen molar-refractivity contribution in [3.63, 3.8) is 0 Å². The molecule has 3 fully saturated rings. The average molecular weight is 357 g/mol. The number of amides is 2. The number of hydrogen-bond donors (Lipinski definition) is 0. The molecule has 3 aliphatic rings. The first-order valence-electron chi connectivity index (χ1n) is 9.52. The van der Waals surface area contributed by atoms with E-state index in [0.717, 1.165) is 32.5 Å². The van der Waals surface area contributed by atoms with Crippen LogP contribution in [-0.2, 0) is 9.59 Å². The van der Waals surface area contributed by atoms with Crippen molar-refractivity contribution in [1.82, 2.24) is 19.8 Å². The van der Waals surface area contributed by atoms with Crippen LogP contribution in [0.5, 0.6) is 0 Å². The van der Waals surface area contributed by atoms with E-state index >= 15 is 0 Å². The van der Waals surface area contributed by atoms with Gasteiger partial charge in [0.05, 0.1) is 11.5 Å². The molecular weight excluding hydrogens is 330 g/mol. The third-order valence-electron chi connectivity index (χ3n) is 6.60. The Hall–Kier alpha value is -2.18. The summed E-state index contributed by atoms with van der Waals surface area (Å²) in [7, 11) is 1.95. The van der Waals surface area contributed by atoms with Gasteiger partial charge in [-0.25, -0.2) is 9.97 Å². The van der Waals surface area contributed by atoms with Crippen LogP contribution in [0.15, 0.2) is 18.5 Å². The molecular formula is C19H27N5O2. The van der Waals surface area contributed by atoms with Crippen LogP contribution in [0.4, 0.5) is 5.95 Å². The Balaban J connectivity index is 1.54. The highest BCUT2D eigenvalue weighted by Gasteiger charge is 2.60. The van der Waals surface area contributed by atoms with Crippen LogP contribution >= 0.6 is 0 Å². The highest BCUT2D eigenvalue weighted by atomic mass is 16.2. The predicted molar refractivity (Wildman–Crippen MR) is 97.4 cm³/mol. The molecule has 2 amide bonds. The molecule has 0 unspecified atom stereocenters. The van der Waals surface area contributed by atoms with Crippen molar-refractivity contribution in [2.24, 2.45) is 17.8 Å². The molecule has 1 aromatic heterocycles. The smallest absolute Gasteiger partial charge is 0.228 e. The van der Waals surface area contributed by atoms with Crippen molar-refractivity contribution in [2.75, 3.05) is 38.1 Å². The highest BCUT2D eigenvalue weighted by Crippen LogP contribution is 2.49. The van der Waals surface area contributed by atoms with Gasteiger partial charge in [-0.2, -0.15) is 0 Å². The van der Waals surface area contributed by atoms with Crippen molar-refractivity contribution in [3.05, 3.63) is 18.5 Å². The number of carbonyl (C=O) groups excluding carboxylic acids is 2. The van der Waals surface area contributed by atoms with E-state index in [1.165, 1.54) is 0 Å². The van der Waals surface area contributed by atoms with Gasteiger partial charge in [0, 0.05) is 57.5 Å². The summed E-state index contributed by atoms with van der Waals surface area (Å²) < 4.78 is 0. The van der Waals surface area contributed by atoms with E-state index in [1.807, 2.05) is 36.8 Å². The zero-order valence-electron chi connectivity index (χ0n) is 15.8. The van der Waals surface area contributed by atoms with Crippen LogP contribution in [0.2, 0.25) is 0 Å². The summed E-state index contributed by atoms with van der Waals surface area (Å²) in [6, 6.07) is 1.81. The van der Waals surface area contributed by atoms with Gasteiger partial charge in [-0.1, -0.05) is 13.8 Å². The van der Waals surface area contributed by atoms with Gasteiger partial charge in [0.1, 0.15) is 0 Å². The molecule has 2 atom stereocenters. The fourth-order valence-corrected chi connectivity index (χ4v) is 5.12. The molecule has 7 heteroatoms. The lowest BCUT2D eigenvalue weighted by Gasteiger charge is -2.47. The third kappa shape index (κ3) is 2.47. The second-order valence-corrected chi connectivity index (χ2v) is 8.15. The number of hydrogen-bond acceptors (Lipinski definition) is 5. The van der Waals surface area contributed by atoms with Crippen molar-refractivity contribution in [1.29, 1.82) is 0 Å². The second kappa shape index (κ2) is 6.21. The van der Waals surface area contributed by atoms with Crippen molar-refractivity contribution in [2.45, 2.75) is 32.2 Å². The van der Waals surface area contributed by atoms with Crippen LogP contribution in [-0.4, -0.2) is 70.3 Å². The molecule has 0 bridgehead atoms. The first-order valence-corrected chi connectivity index (χ1v) is 9.52. The maximum absolute atomic E-state index is 12.9. The maximum Gasteiger partial charge on any atom is 0.228 e. The summed E-state index contributed by atoms with van der Waals surface area (Å²) in [5.41, 5.74) is -0.140. The molecule has 4 rings (SSSR count). The molecule has 0 aliphatic carbocycles. The van der Waals surface area contributed by atoms with E-state index in [2.05, 4.69) is 14.9 Å². The van der Waals surface area contributed by atoms with Crippen molar-refractivity contribution < 1.29 is 9.59 Å². The molecule has 3 aliphatic heterocycles. The monoisotopic (exact) mass is 357 g/mol. The van der Waals surface area contributed by atoms with Gasteiger partial charge in [0.25, 0.3) is 0 Å². The van der Waals surface area contributed by atoms with Gasteiger partial charge in [-0.3, -0.25) is 9.59 Å². The normalized spacial score (nSPS) is 27.5. The lowest BCUT2D eigenvalue weighted by molar-refractivity contribution is -0.138. The van der Waals surface area contributed by atoms with Crippen LogP contribution < -0.4 is 4.90 Å². The first-order chi connectivity index (χ1) is 12.4. The molecule has 140 valence electrons. The second-order valence-electron chi connectivity index (χ2n) is 8.15. The Morgan fingerprint density at radius 2 is 1.85 bits per heavy atom. The van der Waals surface area contributed by atoms with Gasteiger partial charge in [-0.15, -0.1) is 0 Å². The zero-order chi connectivity index (χ0) is 18.5. The molecule has 0 radical (unpaired) electrons. The molecule has 26 heavy (non-hydrogen) atoms. The lowest BCUT2D eigenvalue weighted by atomic mass is 9.75. The minimum atomic E-state index is -0.140. The van der Waals surface area contributed by atoms with E-state index in [4.69, 9.17) is 0 Å². The Bertz CT molecular complexity index is 699. The fourth-order valence-electron chi connectivity index (χ4n) is 5.12. The van der Waals surface area contributed by atoms with Gasteiger partial charge >= 0.3 is 0 Å². The van der Waals surface area contributed by atoms with E-state index in [1.54, 1.807) is 12.4 Å². The van der Waals surface area contributed by atoms with Gasteiger partial charge in [0.2, 0.25) is 17.8 Å². The van der Waals surface area contributed by atoms with Crippen LogP contribution in [0.25, 0.3) is 0 Å².